The van der Waals surface area contributed by atoms with E-state index in [1.54, 1.807) is 12.4 Å². The lowest BCUT2D eigenvalue weighted by Crippen LogP contribution is -2.18. The summed E-state index contributed by atoms with van der Waals surface area (Å²) in [5.41, 5.74) is 0. The maximum Gasteiger partial charge on any atom is 0.265 e. The van der Waals surface area contributed by atoms with Gasteiger partial charge in [0.25, 0.3) is 5.91 Å². The number of hydrogen-bond acceptors (Lipinski definition) is 5. The molecular weight excluding hydrogens is 230 g/mol. The third-order valence-electron chi connectivity index (χ3n) is 1.66. The molecule has 0 aromatic carbocycles. The van der Waals surface area contributed by atoms with E-state index < -0.39 is 0 Å². The fraction of sp³-hybridized carbons (Fsp3) is 0. The van der Waals surface area contributed by atoms with Crippen molar-refractivity contribution in [2.24, 2.45) is 0 Å². The summed E-state index contributed by atoms with van der Waals surface area (Å²) in [6.45, 7) is 0. The molecule has 1 saturated heterocycles. The van der Waals surface area contributed by atoms with Gasteiger partial charge in [-0.2, -0.15) is 0 Å². The Labute approximate surface area is 96.2 Å². The van der Waals surface area contributed by atoms with Crippen molar-refractivity contribution in [3.63, 3.8) is 0 Å². The summed E-state index contributed by atoms with van der Waals surface area (Å²) >= 11 is 6.09. The van der Waals surface area contributed by atoms with Gasteiger partial charge in [0, 0.05) is 12.4 Å². The molecule has 2 heterocycles. The normalized spacial score (nSPS) is 18.0. The van der Waals surface area contributed by atoms with Gasteiger partial charge in [-0.1, -0.05) is 30.0 Å². The maximum absolute atomic E-state index is 11.3. The Morgan fingerprint density at radius 1 is 1.53 bits per heavy atom. The molecule has 1 aromatic heterocycles. The highest BCUT2D eigenvalue weighted by molar-refractivity contribution is 8.26. The number of rotatable bonds is 2. The predicted octanol–water partition coefficient (Wildman–Crippen LogP) is 1.48. The molecule has 15 heavy (non-hydrogen) atoms. The molecule has 1 aliphatic heterocycles. The van der Waals surface area contributed by atoms with Gasteiger partial charge in [-0.3, -0.25) is 4.79 Å². The van der Waals surface area contributed by atoms with Crippen LogP contribution < -0.4 is 10.6 Å². The zero-order valence-electron chi connectivity index (χ0n) is 7.56. The topological polar surface area (TPSA) is 54.0 Å². The summed E-state index contributed by atoms with van der Waals surface area (Å²) in [5.74, 6) is 0.518. The number of hydrogen-bond donors (Lipinski definition) is 2. The van der Waals surface area contributed by atoms with Crippen molar-refractivity contribution in [2.45, 2.75) is 0 Å². The molecule has 2 N–H and O–H groups in total. The van der Waals surface area contributed by atoms with Crippen molar-refractivity contribution in [2.75, 3.05) is 5.32 Å². The number of thiocarbonyl (C=S) groups is 1. The van der Waals surface area contributed by atoms with Crippen LogP contribution in [0.1, 0.15) is 0 Å². The Balaban J connectivity index is 2.06. The second-order valence-corrected chi connectivity index (χ2v) is 4.43. The summed E-state index contributed by atoms with van der Waals surface area (Å²) in [6, 6.07) is 5.50. The first-order valence-corrected chi connectivity index (χ1v) is 5.39. The summed E-state index contributed by atoms with van der Waals surface area (Å²) < 4.78 is 0.481. The molecule has 1 amide bonds. The fourth-order valence-electron chi connectivity index (χ4n) is 1.01. The smallest absolute Gasteiger partial charge is 0.265 e. The average Bonchev–Trinajstić information content (AvgIpc) is 2.56. The number of nitrogens with one attached hydrogen (secondary N) is 2. The zero-order valence-corrected chi connectivity index (χ0v) is 9.19. The fourth-order valence-corrected chi connectivity index (χ4v) is 1.98. The van der Waals surface area contributed by atoms with Gasteiger partial charge in [-0.15, -0.1) is 0 Å². The molecule has 4 nitrogen and oxygen atoms in total. The van der Waals surface area contributed by atoms with Crippen molar-refractivity contribution in [1.82, 2.24) is 10.3 Å². The van der Waals surface area contributed by atoms with Crippen LogP contribution in [0.4, 0.5) is 5.82 Å². The molecule has 2 rings (SSSR count). The number of carbonyl (C=O) groups is 1. The van der Waals surface area contributed by atoms with Gasteiger partial charge >= 0.3 is 0 Å². The third kappa shape index (κ3) is 2.54. The monoisotopic (exact) mass is 237 g/mol. The number of aromatic nitrogens is 1. The highest BCUT2D eigenvalue weighted by Gasteiger charge is 2.21. The van der Waals surface area contributed by atoms with Crippen LogP contribution in [0.25, 0.3) is 0 Å². The number of anilines is 1. The molecule has 0 radical (unpaired) electrons. The Kier molecular flexibility index (Phi) is 2.98. The Morgan fingerprint density at radius 3 is 3.00 bits per heavy atom. The SMILES string of the molecule is O=C1NC(=S)S/C1=C/Nc1ccccn1. The van der Waals surface area contributed by atoms with E-state index >= 15 is 0 Å². The molecule has 0 unspecified atom stereocenters. The summed E-state index contributed by atoms with van der Waals surface area (Å²) in [5, 5.41) is 5.45. The van der Waals surface area contributed by atoms with Crippen molar-refractivity contribution in [3.05, 3.63) is 35.5 Å². The van der Waals surface area contributed by atoms with E-state index in [9.17, 15) is 4.79 Å². The predicted molar refractivity (Wildman–Crippen MR) is 64.3 cm³/mol. The van der Waals surface area contributed by atoms with E-state index in [1.165, 1.54) is 11.8 Å². The molecule has 0 spiro atoms. The minimum Gasteiger partial charge on any atom is -0.345 e. The number of carbonyl (C=O) groups excluding carboxylic acids is 1. The minimum absolute atomic E-state index is 0.173. The van der Waals surface area contributed by atoms with E-state index in [-0.39, 0.29) is 5.91 Å². The first-order valence-electron chi connectivity index (χ1n) is 4.16. The summed E-state index contributed by atoms with van der Waals surface area (Å²) in [6.07, 6.45) is 3.27. The molecule has 6 heteroatoms. The molecule has 0 bridgehead atoms. The van der Waals surface area contributed by atoms with E-state index in [1.807, 2.05) is 18.2 Å². The van der Waals surface area contributed by atoms with E-state index in [4.69, 9.17) is 12.2 Å². The number of pyridine rings is 1. The van der Waals surface area contributed by atoms with Crippen LogP contribution in [-0.4, -0.2) is 15.2 Å². The van der Waals surface area contributed by atoms with Crippen LogP contribution >= 0.6 is 24.0 Å². The van der Waals surface area contributed by atoms with Gasteiger partial charge in [0.15, 0.2) is 0 Å². The van der Waals surface area contributed by atoms with Crippen LogP contribution in [-0.2, 0) is 4.79 Å². The molecule has 0 atom stereocenters. The quantitative estimate of drug-likeness (QED) is 0.603. The molecule has 0 saturated carbocycles. The number of thioether (sulfide) groups is 1. The van der Waals surface area contributed by atoms with Gasteiger partial charge in [0.05, 0.1) is 4.91 Å². The van der Waals surface area contributed by atoms with Crippen LogP contribution in [0.3, 0.4) is 0 Å². The van der Waals surface area contributed by atoms with Crippen LogP contribution in [0.2, 0.25) is 0 Å². The van der Waals surface area contributed by atoms with Crippen molar-refractivity contribution in [3.8, 4) is 0 Å². The minimum atomic E-state index is -0.173. The van der Waals surface area contributed by atoms with Crippen molar-refractivity contribution >= 4 is 40.0 Å². The summed E-state index contributed by atoms with van der Waals surface area (Å²) in [4.78, 5) is 15.9. The first-order chi connectivity index (χ1) is 7.25. The van der Waals surface area contributed by atoms with Gasteiger partial charge in [-0.05, 0) is 12.1 Å². The molecular formula is C9H7N3OS2. The second-order valence-electron chi connectivity index (χ2n) is 2.71. The van der Waals surface area contributed by atoms with Crippen molar-refractivity contribution < 1.29 is 4.79 Å². The van der Waals surface area contributed by atoms with Crippen LogP contribution in [0.5, 0.6) is 0 Å². The molecule has 1 aliphatic rings. The second kappa shape index (κ2) is 4.41. The van der Waals surface area contributed by atoms with E-state index in [2.05, 4.69) is 15.6 Å². The molecule has 76 valence electrons. The molecule has 1 fully saturated rings. The number of amides is 1. The zero-order chi connectivity index (χ0) is 10.7. The lowest BCUT2D eigenvalue weighted by atomic mass is 10.4. The lowest BCUT2D eigenvalue weighted by Gasteiger charge is -1.98. The van der Waals surface area contributed by atoms with E-state index in [0.29, 0.717) is 15.0 Å². The Morgan fingerprint density at radius 2 is 2.40 bits per heavy atom. The molecule has 1 aromatic rings. The standard InChI is InChI=1S/C9H7N3OS2/c13-8-6(15-9(14)12-8)5-11-7-3-1-2-4-10-7/h1-5H,(H,10,11)(H,12,13,14)/b6-5+. The molecule has 0 aliphatic carbocycles. The van der Waals surface area contributed by atoms with E-state index in [0.717, 1.165) is 0 Å². The lowest BCUT2D eigenvalue weighted by molar-refractivity contribution is -0.115. The van der Waals surface area contributed by atoms with Gasteiger partial charge in [-0.25, -0.2) is 4.98 Å². The van der Waals surface area contributed by atoms with Gasteiger partial charge < -0.3 is 10.6 Å². The third-order valence-corrected chi connectivity index (χ3v) is 2.82. The highest BCUT2D eigenvalue weighted by Crippen LogP contribution is 2.22. The first kappa shape index (κ1) is 10.1. The largest absolute Gasteiger partial charge is 0.345 e. The highest BCUT2D eigenvalue weighted by atomic mass is 32.2. The Bertz CT molecular complexity index is 430. The number of nitrogens with zero attached hydrogens (tertiary/aromatic N) is 1. The van der Waals surface area contributed by atoms with Crippen LogP contribution in [0, 0.1) is 0 Å². The average molecular weight is 237 g/mol. The maximum atomic E-state index is 11.3. The van der Waals surface area contributed by atoms with Crippen LogP contribution in [0.15, 0.2) is 35.5 Å². The van der Waals surface area contributed by atoms with Crippen molar-refractivity contribution in [1.29, 1.82) is 0 Å². The Hall–Kier alpha value is -1.40. The summed E-state index contributed by atoms with van der Waals surface area (Å²) in [7, 11) is 0. The van der Waals surface area contributed by atoms with Gasteiger partial charge in [0.1, 0.15) is 10.1 Å². The van der Waals surface area contributed by atoms with Gasteiger partial charge in [0.2, 0.25) is 0 Å².